The molecule has 2 aromatic rings. The van der Waals surface area contributed by atoms with Crippen LogP contribution < -0.4 is 5.32 Å². The van der Waals surface area contributed by atoms with E-state index in [1.165, 1.54) is 14.2 Å². The van der Waals surface area contributed by atoms with E-state index in [2.05, 4.69) is 15.3 Å². The zero-order valence-corrected chi connectivity index (χ0v) is 17.6. The molecule has 0 radical (unpaired) electrons. The molecule has 0 amide bonds. The molecule has 4 heterocycles. The van der Waals surface area contributed by atoms with Crippen molar-refractivity contribution in [2.75, 3.05) is 34.4 Å². The summed E-state index contributed by atoms with van der Waals surface area (Å²) in [4.78, 5) is 51.3. The summed E-state index contributed by atoms with van der Waals surface area (Å²) < 4.78 is 10.2. The van der Waals surface area contributed by atoms with Crippen molar-refractivity contribution < 1.29 is 23.9 Å². The summed E-state index contributed by atoms with van der Waals surface area (Å²) in [6.45, 7) is 0.140. The largest absolute Gasteiger partial charge is 0.468 e. The molecule has 31 heavy (non-hydrogen) atoms. The lowest BCUT2D eigenvalue weighted by atomic mass is 9.55. The highest BCUT2D eigenvalue weighted by molar-refractivity contribution is 6.17. The minimum absolute atomic E-state index is 0.0699. The summed E-state index contributed by atoms with van der Waals surface area (Å²) in [6, 6.07) is 8.88. The van der Waals surface area contributed by atoms with Gasteiger partial charge in [-0.05, 0) is 31.3 Å². The fourth-order valence-electron chi connectivity index (χ4n) is 5.03. The maximum atomic E-state index is 14.2. The molecule has 0 spiro atoms. The van der Waals surface area contributed by atoms with Crippen LogP contribution in [-0.4, -0.2) is 66.9 Å². The number of Topliss-reactive ketones (excluding diaryl/α,β-unsaturated/α-hetero) is 1. The molecule has 9 heteroatoms. The van der Waals surface area contributed by atoms with Crippen molar-refractivity contribution in [3.8, 4) is 0 Å². The number of esters is 2. The van der Waals surface area contributed by atoms with E-state index in [1.54, 1.807) is 60.7 Å². The maximum Gasteiger partial charge on any atom is 0.322 e. The van der Waals surface area contributed by atoms with E-state index in [9.17, 15) is 14.4 Å². The summed E-state index contributed by atoms with van der Waals surface area (Å²) in [7, 11) is 4.23. The number of aromatic nitrogens is 2. The molecule has 2 fully saturated rings. The van der Waals surface area contributed by atoms with Gasteiger partial charge in [0, 0.05) is 25.5 Å². The second-order valence-corrected chi connectivity index (χ2v) is 7.97. The van der Waals surface area contributed by atoms with Gasteiger partial charge < -0.3 is 14.4 Å². The summed E-state index contributed by atoms with van der Waals surface area (Å²) >= 11 is 0. The van der Waals surface area contributed by atoms with Gasteiger partial charge >= 0.3 is 11.9 Å². The first-order chi connectivity index (χ1) is 14.9. The van der Waals surface area contributed by atoms with Gasteiger partial charge in [-0.3, -0.25) is 29.7 Å². The number of ether oxygens (including phenoxy) is 2. The lowest BCUT2D eigenvalue weighted by Gasteiger charge is -2.56. The van der Waals surface area contributed by atoms with Crippen LogP contribution in [0.3, 0.4) is 0 Å². The smallest absolute Gasteiger partial charge is 0.322 e. The van der Waals surface area contributed by atoms with Gasteiger partial charge in [-0.1, -0.05) is 12.1 Å². The molecule has 0 saturated carbocycles. The standard InChI is InChI=1S/C22H24N4O5/c1-26-12-21(19(28)30-2)16(14-8-4-6-10-23-14)25-17(15-9-5-7-11-24-15)22(13-26,18(21)27)20(29)31-3/h4-11,16-17,25H,12-13H2,1-3H3. The van der Waals surface area contributed by atoms with Gasteiger partial charge in [0.25, 0.3) is 0 Å². The van der Waals surface area contributed by atoms with Crippen molar-refractivity contribution in [2.45, 2.75) is 12.1 Å². The predicted molar refractivity (Wildman–Crippen MR) is 108 cm³/mol. The Hall–Kier alpha value is -3.17. The second kappa shape index (κ2) is 7.82. The molecule has 9 nitrogen and oxygen atoms in total. The van der Waals surface area contributed by atoms with Gasteiger partial charge in [-0.25, -0.2) is 0 Å². The van der Waals surface area contributed by atoms with Crippen LogP contribution in [0.1, 0.15) is 23.5 Å². The first-order valence-corrected chi connectivity index (χ1v) is 9.90. The lowest BCUT2D eigenvalue weighted by Crippen LogP contribution is -2.75. The molecule has 2 aromatic heterocycles. The van der Waals surface area contributed by atoms with Crippen LogP contribution in [-0.2, 0) is 23.9 Å². The third-order valence-electron chi connectivity index (χ3n) is 6.23. The molecule has 1 N–H and O–H groups in total. The van der Waals surface area contributed by atoms with Gasteiger partial charge in [-0.2, -0.15) is 0 Å². The van der Waals surface area contributed by atoms with Crippen molar-refractivity contribution in [2.24, 2.45) is 10.8 Å². The minimum atomic E-state index is -1.68. The molecule has 2 aliphatic heterocycles. The summed E-state index contributed by atoms with van der Waals surface area (Å²) in [5.41, 5.74) is -2.38. The van der Waals surface area contributed by atoms with Gasteiger partial charge in [0.1, 0.15) is 0 Å². The number of ketones is 1. The Morgan fingerprint density at radius 2 is 1.39 bits per heavy atom. The number of carbonyl (C=O) groups excluding carboxylic acids is 3. The number of fused-ring (bicyclic) bond motifs is 2. The molecule has 4 rings (SSSR count). The van der Waals surface area contributed by atoms with E-state index in [4.69, 9.17) is 9.47 Å². The molecule has 162 valence electrons. The zero-order chi connectivity index (χ0) is 22.2. The average Bonchev–Trinajstić information content (AvgIpc) is 2.80. The lowest BCUT2D eigenvalue weighted by molar-refractivity contribution is -0.189. The van der Waals surface area contributed by atoms with Gasteiger partial charge in [0.2, 0.25) is 0 Å². The normalized spacial score (nSPS) is 30.5. The Balaban J connectivity index is 2.01. The highest BCUT2D eigenvalue weighted by Crippen LogP contribution is 2.55. The number of hydrogen-bond donors (Lipinski definition) is 1. The molecule has 2 bridgehead atoms. The quantitative estimate of drug-likeness (QED) is 0.560. The number of piperidine rings is 2. The van der Waals surface area contributed by atoms with Crippen molar-refractivity contribution in [1.82, 2.24) is 20.2 Å². The summed E-state index contributed by atoms with van der Waals surface area (Å²) in [6.07, 6.45) is 3.19. The Labute approximate surface area is 179 Å². The average molecular weight is 424 g/mol. The highest BCUT2D eigenvalue weighted by Gasteiger charge is 2.73. The first kappa shape index (κ1) is 21.1. The maximum absolute atomic E-state index is 14.2. The molecule has 0 aromatic carbocycles. The van der Waals surface area contributed by atoms with Crippen molar-refractivity contribution in [3.05, 3.63) is 60.2 Å². The van der Waals surface area contributed by atoms with Crippen LogP contribution in [0, 0.1) is 10.8 Å². The Kier molecular flexibility index (Phi) is 5.32. The molecular formula is C22H24N4O5. The van der Waals surface area contributed by atoms with Crippen LogP contribution in [0.4, 0.5) is 0 Å². The highest BCUT2D eigenvalue weighted by atomic mass is 16.5. The molecule has 4 unspecified atom stereocenters. The van der Waals surface area contributed by atoms with E-state index in [-0.39, 0.29) is 13.1 Å². The molecule has 2 saturated heterocycles. The molecule has 2 aliphatic rings. The van der Waals surface area contributed by atoms with Crippen LogP contribution in [0.15, 0.2) is 48.8 Å². The van der Waals surface area contributed by atoms with Crippen LogP contribution >= 0.6 is 0 Å². The van der Waals surface area contributed by atoms with Crippen LogP contribution in [0.5, 0.6) is 0 Å². The fourth-order valence-corrected chi connectivity index (χ4v) is 5.03. The number of hydrogen-bond acceptors (Lipinski definition) is 9. The Morgan fingerprint density at radius 3 is 1.74 bits per heavy atom. The topological polar surface area (TPSA) is 111 Å². The number of nitrogens with zero attached hydrogens (tertiary/aromatic N) is 3. The number of rotatable bonds is 4. The van der Waals surface area contributed by atoms with E-state index < -0.39 is 40.6 Å². The van der Waals surface area contributed by atoms with E-state index in [1.807, 2.05) is 0 Å². The van der Waals surface area contributed by atoms with Gasteiger partial charge in [0.05, 0.1) is 37.7 Å². The Morgan fingerprint density at radius 1 is 0.935 bits per heavy atom. The van der Waals surface area contributed by atoms with Gasteiger partial charge in [-0.15, -0.1) is 0 Å². The fraction of sp³-hybridized carbons (Fsp3) is 0.409. The number of nitrogens with one attached hydrogen (secondary N) is 1. The van der Waals surface area contributed by atoms with Crippen LogP contribution in [0.2, 0.25) is 0 Å². The summed E-state index contributed by atoms with van der Waals surface area (Å²) in [5.74, 6) is -1.98. The predicted octanol–water partition coefficient (Wildman–Crippen LogP) is 0.696. The number of carbonyl (C=O) groups is 3. The van der Waals surface area contributed by atoms with Crippen molar-refractivity contribution in [3.63, 3.8) is 0 Å². The number of methoxy groups -OCH3 is 2. The van der Waals surface area contributed by atoms with E-state index >= 15 is 0 Å². The third-order valence-corrected chi connectivity index (χ3v) is 6.23. The summed E-state index contributed by atoms with van der Waals surface area (Å²) in [5, 5.41) is 3.38. The zero-order valence-electron chi connectivity index (χ0n) is 17.6. The van der Waals surface area contributed by atoms with Crippen LogP contribution in [0.25, 0.3) is 0 Å². The monoisotopic (exact) mass is 424 g/mol. The van der Waals surface area contributed by atoms with E-state index in [0.717, 1.165) is 0 Å². The number of likely N-dealkylation sites (tertiary alicyclic amines) is 1. The van der Waals surface area contributed by atoms with Gasteiger partial charge in [0.15, 0.2) is 16.6 Å². The van der Waals surface area contributed by atoms with E-state index in [0.29, 0.717) is 11.4 Å². The minimum Gasteiger partial charge on any atom is -0.468 e. The Bertz CT molecular complexity index is 924. The first-order valence-electron chi connectivity index (χ1n) is 9.90. The third kappa shape index (κ3) is 2.95. The molecule has 0 aliphatic carbocycles. The van der Waals surface area contributed by atoms with Crippen molar-refractivity contribution >= 4 is 17.7 Å². The SMILES string of the molecule is COC(=O)C12CN(C)CC(C(=O)OC)(C1=O)C(c1ccccn1)NC2c1ccccn1. The second-order valence-electron chi connectivity index (χ2n) is 7.97. The molecular weight excluding hydrogens is 400 g/mol. The number of pyridine rings is 2. The molecule has 4 atom stereocenters. The van der Waals surface area contributed by atoms with Crippen molar-refractivity contribution in [1.29, 1.82) is 0 Å².